The van der Waals surface area contributed by atoms with Gasteiger partial charge in [0.1, 0.15) is 5.70 Å². The van der Waals surface area contributed by atoms with E-state index < -0.39 is 17.2 Å². The maximum atomic E-state index is 13.3. The van der Waals surface area contributed by atoms with Crippen LogP contribution < -0.4 is 11.1 Å². The zero-order chi connectivity index (χ0) is 23.2. The zero-order valence-electron chi connectivity index (χ0n) is 18.1. The number of imide groups is 1. The van der Waals surface area contributed by atoms with Crippen molar-refractivity contribution in [3.05, 3.63) is 71.4 Å². The van der Waals surface area contributed by atoms with E-state index in [-0.39, 0.29) is 5.17 Å². The Kier molecular flexibility index (Phi) is 5.17. The minimum atomic E-state index is -0.848. The van der Waals surface area contributed by atoms with Crippen LogP contribution in [0.1, 0.15) is 24.0 Å². The Bertz CT molecular complexity index is 1390. The van der Waals surface area contributed by atoms with E-state index in [0.717, 1.165) is 27.7 Å². The van der Waals surface area contributed by atoms with Crippen LogP contribution in [0.4, 0.5) is 5.69 Å². The van der Waals surface area contributed by atoms with E-state index >= 15 is 0 Å². The molecule has 0 radical (unpaired) electrons. The zero-order valence-corrected chi connectivity index (χ0v) is 18.9. The molecule has 1 aromatic heterocycles. The number of aliphatic imine (C=N–C) groups is 1. The van der Waals surface area contributed by atoms with Crippen LogP contribution >= 0.6 is 11.8 Å². The average Bonchev–Trinajstić information content (AvgIpc) is 3.43. The molecular weight excluding hydrogens is 434 g/mol. The van der Waals surface area contributed by atoms with Gasteiger partial charge < -0.3 is 10.3 Å². The number of nitrogens with zero attached hydrogens (tertiary/aromatic N) is 2. The van der Waals surface area contributed by atoms with Crippen molar-refractivity contribution in [3.63, 3.8) is 0 Å². The Morgan fingerprint density at radius 1 is 1.15 bits per heavy atom. The van der Waals surface area contributed by atoms with Gasteiger partial charge in [-0.3, -0.25) is 25.3 Å². The lowest BCUT2D eigenvalue weighted by Gasteiger charge is -2.29. The molecule has 8 heteroatoms. The molecule has 0 aliphatic carbocycles. The second kappa shape index (κ2) is 8.04. The molecule has 4 N–H and O–H groups in total. The summed E-state index contributed by atoms with van der Waals surface area (Å²) in [6.07, 6.45) is 4.97. The molecule has 0 bridgehead atoms. The first-order valence-electron chi connectivity index (χ1n) is 10.7. The van der Waals surface area contributed by atoms with Gasteiger partial charge >= 0.3 is 0 Å². The minimum Gasteiger partial charge on any atom is -0.379 e. The molecular formula is C25H23N5O2S. The lowest BCUT2D eigenvalue weighted by atomic mass is 9.72. The van der Waals surface area contributed by atoms with Crippen LogP contribution in [0, 0.1) is 12.3 Å². The molecule has 166 valence electrons. The summed E-state index contributed by atoms with van der Waals surface area (Å²) in [5.41, 5.74) is 9.01. The lowest BCUT2D eigenvalue weighted by molar-refractivity contribution is -0.123. The highest BCUT2D eigenvalue weighted by Crippen LogP contribution is 2.48. The SMILES string of the molecule is Cc1cn(C2=C(C3(CCCSC(=N)N)C=Nc4ccccc43)C(=O)NC2=O)c2ccccc12. The molecule has 0 saturated carbocycles. The highest BCUT2D eigenvalue weighted by Gasteiger charge is 2.49. The second-order valence-corrected chi connectivity index (χ2v) is 9.41. The predicted molar refractivity (Wildman–Crippen MR) is 133 cm³/mol. The maximum Gasteiger partial charge on any atom is 0.275 e. The second-order valence-electron chi connectivity index (χ2n) is 8.27. The van der Waals surface area contributed by atoms with Crippen molar-refractivity contribution in [1.29, 1.82) is 5.41 Å². The lowest BCUT2D eigenvalue weighted by Crippen LogP contribution is -2.35. The van der Waals surface area contributed by atoms with Gasteiger partial charge in [-0.15, -0.1) is 0 Å². The number of carbonyl (C=O) groups excluding carboxylic acids is 2. The summed E-state index contributed by atoms with van der Waals surface area (Å²) in [4.78, 5) is 31.1. The van der Waals surface area contributed by atoms with Crippen molar-refractivity contribution in [2.45, 2.75) is 25.2 Å². The van der Waals surface area contributed by atoms with Crippen molar-refractivity contribution in [2.24, 2.45) is 10.7 Å². The number of hydrogen-bond donors (Lipinski definition) is 3. The van der Waals surface area contributed by atoms with Crippen molar-refractivity contribution in [1.82, 2.24) is 9.88 Å². The summed E-state index contributed by atoms with van der Waals surface area (Å²) in [6, 6.07) is 15.6. The minimum absolute atomic E-state index is 0.0625. The molecule has 3 aromatic rings. The number of aryl methyl sites for hydroxylation is 1. The van der Waals surface area contributed by atoms with Crippen molar-refractivity contribution >= 4 is 57.2 Å². The summed E-state index contributed by atoms with van der Waals surface area (Å²) < 4.78 is 1.83. The van der Waals surface area contributed by atoms with E-state index in [1.54, 1.807) is 0 Å². The number of hydrogen-bond acceptors (Lipinski definition) is 5. The third kappa shape index (κ3) is 3.38. The predicted octanol–water partition coefficient (Wildman–Crippen LogP) is 3.88. The third-order valence-corrected chi connectivity index (χ3v) is 7.09. The number of amides is 2. The molecule has 1 unspecified atom stereocenters. The summed E-state index contributed by atoms with van der Waals surface area (Å²) >= 11 is 1.27. The molecule has 0 saturated heterocycles. The highest BCUT2D eigenvalue weighted by molar-refractivity contribution is 8.13. The topological polar surface area (TPSA) is 113 Å². The highest BCUT2D eigenvalue weighted by atomic mass is 32.2. The standard InChI is InChI=1S/C25H23N5O2S/c1-15-13-30(19-10-5-2-7-16(15)19)21-20(22(31)29-23(21)32)25(11-6-12-33-24(26)27)14-28-18-9-4-3-8-17(18)25/h2-5,7-10,13-14H,6,11-12H2,1H3,(H3,26,27)(H,29,31,32). The van der Waals surface area contributed by atoms with E-state index in [1.165, 1.54) is 11.8 Å². The third-order valence-electron chi connectivity index (χ3n) is 6.29. The van der Waals surface area contributed by atoms with E-state index in [2.05, 4.69) is 10.3 Å². The first-order chi connectivity index (χ1) is 15.9. The van der Waals surface area contributed by atoms with Gasteiger partial charge in [-0.1, -0.05) is 48.2 Å². The van der Waals surface area contributed by atoms with Crippen LogP contribution in [0.15, 0.2) is 65.3 Å². The Balaban J connectivity index is 1.73. The van der Waals surface area contributed by atoms with Gasteiger partial charge in [0.25, 0.3) is 11.8 Å². The van der Waals surface area contributed by atoms with Crippen LogP contribution in [0.2, 0.25) is 0 Å². The molecule has 2 amide bonds. The van der Waals surface area contributed by atoms with Crippen LogP contribution in [-0.2, 0) is 15.0 Å². The fraction of sp³-hybridized carbons (Fsp3) is 0.200. The Morgan fingerprint density at radius 2 is 1.91 bits per heavy atom. The fourth-order valence-corrected chi connectivity index (χ4v) is 5.40. The Morgan fingerprint density at radius 3 is 2.73 bits per heavy atom. The van der Waals surface area contributed by atoms with Crippen molar-refractivity contribution in [2.75, 3.05) is 5.75 Å². The van der Waals surface area contributed by atoms with Crippen LogP contribution in [0.5, 0.6) is 0 Å². The quantitative estimate of drug-likeness (QED) is 0.226. The molecule has 2 aromatic carbocycles. The van der Waals surface area contributed by atoms with E-state index in [9.17, 15) is 9.59 Å². The van der Waals surface area contributed by atoms with Gasteiger partial charge in [0.15, 0.2) is 5.17 Å². The largest absolute Gasteiger partial charge is 0.379 e. The molecule has 0 spiro atoms. The van der Waals surface area contributed by atoms with Gasteiger partial charge in [-0.05, 0) is 43.0 Å². The number of carbonyl (C=O) groups is 2. The average molecular weight is 458 g/mol. The molecule has 2 aliphatic heterocycles. The van der Waals surface area contributed by atoms with E-state index in [4.69, 9.17) is 11.1 Å². The summed E-state index contributed by atoms with van der Waals surface area (Å²) in [7, 11) is 0. The molecule has 0 fully saturated rings. The fourth-order valence-electron chi connectivity index (χ4n) is 4.89. The van der Waals surface area contributed by atoms with Crippen LogP contribution in [0.25, 0.3) is 16.6 Å². The number of nitrogens with two attached hydrogens (primary N) is 1. The van der Waals surface area contributed by atoms with Crippen LogP contribution in [-0.4, -0.2) is 33.5 Å². The summed E-state index contributed by atoms with van der Waals surface area (Å²) in [5.74, 6) is -0.171. The normalized spacial score (nSPS) is 19.4. The van der Waals surface area contributed by atoms with Crippen LogP contribution in [0.3, 0.4) is 0 Å². The molecule has 2 aliphatic rings. The summed E-state index contributed by atoms with van der Waals surface area (Å²) in [6.45, 7) is 1.99. The van der Waals surface area contributed by atoms with Gasteiger partial charge in [-0.2, -0.15) is 0 Å². The number of thioether (sulfide) groups is 1. The number of benzene rings is 2. The number of rotatable bonds is 6. The maximum absolute atomic E-state index is 13.3. The smallest absolute Gasteiger partial charge is 0.275 e. The van der Waals surface area contributed by atoms with Gasteiger partial charge in [0.05, 0.1) is 22.2 Å². The monoisotopic (exact) mass is 457 g/mol. The first kappa shape index (κ1) is 21.2. The summed E-state index contributed by atoms with van der Waals surface area (Å²) in [5, 5.41) is 11.1. The Labute approximate surface area is 195 Å². The van der Waals surface area contributed by atoms with Gasteiger partial charge in [-0.25, -0.2) is 0 Å². The first-order valence-corrected chi connectivity index (χ1v) is 11.7. The number of aromatic nitrogens is 1. The van der Waals surface area contributed by atoms with Crippen molar-refractivity contribution in [3.8, 4) is 0 Å². The molecule has 7 nitrogen and oxygen atoms in total. The van der Waals surface area contributed by atoms with Gasteiger partial charge in [0, 0.05) is 23.6 Å². The number of fused-ring (bicyclic) bond motifs is 2. The molecule has 3 heterocycles. The van der Waals surface area contributed by atoms with E-state index in [0.29, 0.717) is 29.9 Å². The molecule has 33 heavy (non-hydrogen) atoms. The molecule has 5 rings (SSSR count). The molecule has 1 atom stereocenters. The van der Waals surface area contributed by atoms with E-state index in [1.807, 2.05) is 72.4 Å². The number of amidine groups is 1. The number of para-hydroxylation sites is 2. The van der Waals surface area contributed by atoms with Crippen molar-refractivity contribution < 1.29 is 9.59 Å². The van der Waals surface area contributed by atoms with Gasteiger partial charge in [0.2, 0.25) is 0 Å². The number of nitrogens with one attached hydrogen (secondary N) is 2. The Hall–Kier alpha value is -3.65.